The van der Waals surface area contributed by atoms with Crippen LogP contribution in [-0.4, -0.2) is 69.4 Å². The van der Waals surface area contributed by atoms with Gasteiger partial charge in [0.1, 0.15) is 19.3 Å². The summed E-state index contributed by atoms with van der Waals surface area (Å²) in [5.41, 5.74) is 0. The molecule has 3 unspecified atom stereocenters. The van der Waals surface area contributed by atoms with Crippen LogP contribution in [0.4, 0.5) is 0 Å². The number of phosphoric ester groups is 1. The number of amides is 1. The molecule has 0 aliphatic carbocycles. The lowest BCUT2D eigenvalue weighted by Gasteiger charge is -2.30. The third-order valence-corrected chi connectivity index (χ3v) is 14.0. The maximum atomic E-state index is 13.5. The third kappa shape index (κ3) is 50.9. The van der Waals surface area contributed by atoms with Crippen LogP contribution in [0.25, 0.3) is 0 Å². The Morgan fingerprint density at radius 1 is 0.500 bits per heavy atom. The average Bonchev–Trinajstić information content (AvgIpc) is 3.32. The van der Waals surface area contributed by atoms with Gasteiger partial charge in [0.05, 0.1) is 33.8 Å². The van der Waals surface area contributed by atoms with Crippen LogP contribution in [0.15, 0.2) is 48.6 Å². The van der Waals surface area contributed by atoms with Crippen molar-refractivity contribution >= 4 is 19.7 Å². The van der Waals surface area contributed by atoms with Gasteiger partial charge in [-0.2, -0.15) is 0 Å². The van der Waals surface area contributed by atoms with Crippen molar-refractivity contribution in [3.05, 3.63) is 48.6 Å². The molecule has 0 radical (unpaired) electrons. The van der Waals surface area contributed by atoms with Crippen LogP contribution in [-0.2, 0) is 27.9 Å². The first kappa shape index (κ1) is 68.0. The van der Waals surface area contributed by atoms with E-state index in [1.165, 1.54) is 154 Å². The number of rotatable bonds is 53. The van der Waals surface area contributed by atoms with E-state index in [1.807, 2.05) is 33.3 Å². The van der Waals surface area contributed by atoms with Crippen molar-refractivity contribution in [3.8, 4) is 0 Å². The Labute approximate surface area is 433 Å². The second-order valence-electron chi connectivity index (χ2n) is 21.2. The zero-order chi connectivity index (χ0) is 51.5. The van der Waals surface area contributed by atoms with Gasteiger partial charge in [-0.15, -0.1) is 0 Å². The molecule has 0 aliphatic heterocycles. The molecule has 1 amide bonds. The van der Waals surface area contributed by atoms with E-state index in [9.17, 15) is 19.0 Å². The summed E-state index contributed by atoms with van der Waals surface area (Å²) >= 11 is 0. The molecule has 410 valence electrons. The average molecular weight is 1010 g/mol. The lowest BCUT2D eigenvalue weighted by molar-refractivity contribution is -0.870. The molecule has 70 heavy (non-hydrogen) atoms. The minimum absolute atomic E-state index is 0.0237. The summed E-state index contributed by atoms with van der Waals surface area (Å²) in [7, 11) is 1.18. The van der Waals surface area contributed by atoms with Gasteiger partial charge in [0, 0.05) is 12.8 Å². The molecule has 0 aromatic heterocycles. The van der Waals surface area contributed by atoms with E-state index in [2.05, 4.69) is 62.5 Å². The van der Waals surface area contributed by atoms with Crippen molar-refractivity contribution in [2.24, 2.45) is 0 Å². The molecule has 0 spiro atoms. The lowest BCUT2D eigenvalue weighted by Crippen LogP contribution is -2.47. The monoisotopic (exact) mass is 1000 g/mol. The van der Waals surface area contributed by atoms with E-state index < -0.39 is 26.6 Å². The topological polar surface area (TPSA) is 114 Å². The smallest absolute Gasteiger partial charge is 0.306 e. The van der Waals surface area contributed by atoms with Gasteiger partial charge in [-0.1, -0.05) is 237 Å². The summed E-state index contributed by atoms with van der Waals surface area (Å²) in [6, 6.07) is -0.890. The highest BCUT2D eigenvalue weighted by atomic mass is 31.2. The molecule has 0 fully saturated rings. The highest BCUT2D eigenvalue weighted by Gasteiger charge is 2.27. The van der Waals surface area contributed by atoms with E-state index >= 15 is 0 Å². The Morgan fingerprint density at radius 3 is 1.33 bits per heavy atom. The quantitative estimate of drug-likeness (QED) is 0.0212. The molecule has 0 heterocycles. The summed E-state index contributed by atoms with van der Waals surface area (Å²) in [5.74, 6) is -0.549. The first-order valence-electron chi connectivity index (χ1n) is 29.4. The van der Waals surface area contributed by atoms with Crippen molar-refractivity contribution < 1.29 is 37.3 Å². The van der Waals surface area contributed by atoms with E-state index in [1.54, 1.807) is 0 Å². The van der Waals surface area contributed by atoms with Gasteiger partial charge < -0.3 is 28.5 Å². The van der Waals surface area contributed by atoms with Gasteiger partial charge in [0.15, 0.2) is 0 Å². The number of likely N-dealkylation sites (N-methyl/N-ethyl adjacent to an activating group) is 1. The summed E-state index contributed by atoms with van der Waals surface area (Å²) in [5, 5.41) is 3.02. The van der Waals surface area contributed by atoms with E-state index in [0.29, 0.717) is 17.4 Å². The second kappa shape index (κ2) is 50.5. The maximum Gasteiger partial charge on any atom is 0.306 e. The highest BCUT2D eigenvalue weighted by molar-refractivity contribution is 7.45. The molecule has 0 aliphatic rings. The first-order chi connectivity index (χ1) is 33.9. The van der Waals surface area contributed by atoms with Gasteiger partial charge in [-0.25, -0.2) is 0 Å². The van der Waals surface area contributed by atoms with E-state index in [4.69, 9.17) is 13.8 Å². The van der Waals surface area contributed by atoms with Crippen LogP contribution in [0.3, 0.4) is 0 Å². The van der Waals surface area contributed by atoms with Crippen LogP contribution < -0.4 is 10.2 Å². The Hall–Kier alpha value is -2.03. The number of hydrogen-bond acceptors (Lipinski definition) is 7. The Morgan fingerprint density at radius 2 is 0.871 bits per heavy atom. The number of carbonyl (C=O) groups excluding carboxylic acids is 2. The number of quaternary nitrogens is 1. The number of phosphoric acid groups is 1. The van der Waals surface area contributed by atoms with Crippen LogP contribution >= 0.6 is 7.82 Å². The fraction of sp³-hybridized carbons (Fsp3) is 0.833. The number of ether oxygens (including phenoxy) is 1. The minimum Gasteiger partial charge on any atom is -0.756 e. The first-order valence-corrected chi connectivity index (χ1v) is 30.9. The number of nitrogens with one attached hydrogen (secondary N) is 1. The van der Waals surface area contributed by atoms with Gasteiger partial charge in [-0.3, -0.25) is 14.2 Å². The molecule has 0 bridgehead atoms. The van der Waals surface area contributed by atoms with Crippen LogP contribution in [0.2, 0.25) is 0 Å². The molecule has 0 rings (SSSR count). The maximum absolute atomic E-state index is 13.5. The number of hydrogen-bond donors (Lipinski definition) is 1. The van der Waals surface area contributed by atoms with Crippen molar-refractivity contribution in [1.82, 2.24) is 5.32 Å². The van der Waals surface area contributed by atoms with E-state index in [-0.39, 0.29) is 24.9 Å². The summed E-state index contributed by atoms with van der Waals surface area (Å²) in [6.45, 7) is 6.81. The Bertz CT molecular complexity index is 1340. The molecule has 1 N–H and O–H groups in total. The van der Waals surface area contributed by atoms with Gasteiger partial charge >= 0.3 is 5.97 Å². The molecule has 3 atom stereocenters. The van der Waals surface area contributed by atoms with Gasteiger partial charge in [0.25, 0.3) is 7.82 Å². The standard InChI is InChI=1S/C60H113N2O7P/c1-7-10-13-16-19-22-25-27-29-30-31-32-33-35-38-41-44-47-50-53-60(64)69-58(51-48-45-42-39-36-24-21-18-15-12-9-3)57(56-68-70(65,66)67-55-54-62(4,5)6)61-59(63)52-49-46-43-40-37-34-28-26-23-20-17-14-11-8-2/h19,22,27,29,31-32,48,51,57-58H,7-18,20-21,23-26,28,30,33-47,49-50,52-56H2,1-6H3,(H-,61,63,65,66)/b22-19-,29-27-,32-31-,51-48+. The normalized spacial score (nSPS) is 14.1. The molecule has 0 aromatic rings. The molecule has 9 nitrogen and oxygen atoms in total. The predicted octanol–water partition coefficient (Wildman–Crippen LogP) is 17.1. The molecule has 0 saturated heterocycles. The zero-order valence-corrected chi connectivity index (χ0v) is 47.6. The number of unbranched alkanes of at least 4 members (excludes halogenated alkanes) is 31. The van der Waals surface area contributed by atoms with Crippen molar-refractivity contribution in [1.29, 1.82) is 0 Å². The van der Waals surface area contributed by atoms with Crippen LogP contribution in [0, 0.1) is 0 Å². The van der Waals surface area contributed by atoms with Crippen molar-refractivity contribution in [2.45, 2.75) is 283 Å². The number of esters is 1. The molecule has 0 aromatic carbocycles. The number of carbonyl (C=O) groups is 2. The van der Waals surface area contributed by atoms with Gasteiger partial charge in [-0.05, 0) is 70.3 Å². The molecular formula is C60H113N2O7P. The number of allylic oxidation sites excluding steroid dienone is 7. The SMILES string of the molecule is CCCCC/C=C\C/C=C\C/C=C\CCCCCCCCC(=O)OC(/C=C/CCCCCCCCCCC)C(COP(=O)([O-])OCC[N+](C)(C)C)NC(=O)CCCCCCCCCCCCCCCC. The number of nitrogens with zero attached hydrogens (tertiary/aromatic N) is 1. The van der Waals surface area contributed by atoms with E-state index in [0.717, 1.165) is 83.5 Å². The van der Waals surface area contributed by atoms with Crippen LogP contribution in [0.1, 0.15) is 271 Å². The summed E-state index contributed by atoms with van der Waals surface area (Å²) in [4.78, 5) is 39.8. The largest absolute Gasteiger partial charge is 0.756 e. The fourth-order valence-corrected chi connectivity index (χ4v) is 9.13. The van der Waals surface area contributed by atoms with Crippen molar-refractivity contribution in [3.63, 3.8) is 0 Å². The minimum atomic E-state index is -4.69. The summed E-state index contributed by atoms with van der Waals surface area (Å²) in [6.07, 6.45) is 60.7. The zero-order valence-electron chi connectivity index (χ0n) is 46.7. The molecular weight excluding hydrogens is 892 g/mol. The highest BCUT2D eigenvalue weighted by Crippen LogP contribution is 2.38. The summed E-state index contributed by atoms with van der Waals surface area (Å²) < 4.78 is 30.2. The lowest BCUT2D eigenvalue weighted by atomic mass is 10.0. The third-order valence-electron chi connectivity index (χ3n) is 13.0. The Kier molecular flexibility index (Phi) is 49.0. The fourth-order valence-electron chi connectivity index (χ4n) is 8.41. The second-order valence-corrected chi connectivity index (χ2v) is 22.6. The van der Waals surface area contributed by atoms with Crippen molar-refractivity contribution in [2.75, 3.05) is 40.9 Å². The Balaban J connectivity index is 5.29. The predicted molar refractivity (Wildman–Crippen MR) is 298 cm³/mol. The van der Waals surface area contributed by atoms with Gasteiger partial charge in [0.2, 0.25) is 5.91 Å². The molecule has 0 saturated carbocycles. The van der Waals surface area contributed by atoms with Crippen LogP contribution in [0.5, 0.6) is 0 Å². The molecule has 10 heteroatoms.